The molecule has 0 heterocycles. The van der Waals surface area contributed by atoms with Gasteiger partial charge in [-0.05, 0) is 43.5 Å². The van der Waals surface area contributed by atoms with E-state index in [1.54, 1.807) is 7.11 Å². The fourth-order valence-corrected chi connectivity index (χ4v) is 3.24. The summed E-state index contributed by atoms with van der Waals surface area (Å²) in [5, 5.41) is 7.55. The van der Waals surface area contributed by atoms with Crippen LogP contribution in [0.3, 0.4) is 0 Å². The summed E-state index contributed by atoms with van der Waals surface area (Å²) in [7, 11) is 3.80. The van der Waals surface area contributed by atoms with Crippen LogP contribution in [0.15, 0.2) is 18.2 Å². The Kier molecular flexibility index (Phi) is 5.62. The first-order chi connectivity index (χ1) is 10.1. The van der Waals surface area contributed by atoms with Crippen molar-refractivity contribution in [2.24, 2.45) is 11.7 Å². The van der Waals surface area contributed by atoms with E-state index in [0.717, 1.165) is 19.0 Å². The highest BCUT2D eigenvalue weighted by Crippen LogP contribution is 2.25. The van der Waals surface area contributed by atoms with Crippen molar-refractivity contribution in [3.8, 4) is 5.75 Å². The molecule has 1 fully saturated rings. The zero-order valence-corrected chi connectivity index (χ0v) is 13.2. The van der Waals surface area contributed by atoms with Crippen LogP contribution in [-0.4, -0.2) is 31.4 Å². The standard InChI is InChI=1S/C17H27N3O/c1-20(11-13-6-4-3-5-7-13)12-14-8-9-15(17(18)19)16(10-14)21-2/h8-10,13H,3-7,11-12H2,1-2H3,(H3,18,19). The Morgan fingerprint density at radius 3 is 2.67 bits per heavy atom. The summed E-state index contributed by atoms with van der Waals surface area (Å²) in [5.74, 6) is 1.59. The Balaban J connectivity index is 1.96. The summed E-state index contributed by atoms with van der Waals surface area (Å²) < 4.78 is 5.34. The van der Waals surface area contributed by atoms with Crippen LogP contribution in [0.1, 0.15) is 43.2 Å². The van der Waals surface area contributed by atoms with Crippen molar-refractivity contribution in [1.82, 2.24) is 4.90 Å². The topological polar surface area (TPSA) is 62.3 Å². The van der Waals surface area contributed by atoms with Gasteiger partial charge >= 0.3 is 0 Å². The third-order valence-corrected chi connectivity index (χ3v) is 4.30. The Morgan fingerprint density at radius 2 is 2.05 bits per heavy atom. The second-order valence-corrected chi connectivity index (χ2v) is 6.15. The molecule has 1 saturated carbocycles. The van der Waals surface area contributed by atoms with Gasteiger partial charge in [0, 0.05) is 13.1 Å². The normalized spacial score (nSPS) is 16.1. The smallest absolute Gasteiger partial charge is 0.130 e. The van der Waals surface area contributed by atoms with Crippen LogP contribution in [0.4, 0.5) is 0 Å². The summed E-state index contributed by atoms with van der Waals surface area (Å²) in [5.41, 5.74) is 7.42. The summed E-state index contributed by atoms with van der Waals surface area (Å²) in [6.07, 6.45) is 6.93. The zero-order chi connectivity index (χ0) is 15.2. The minimum atomic E-state index is 0.0500. The van der Waals surface area contributed by atoms with E-state index in [-0.39, 0.29) is 5.84 Å². The highest BCUT2D eigenvalue weighted by Gasteiger charge is 2.16. The summed E-state index contributed by atoms with van der Waals surface area (Å²) in [6, 6.07) is 5.91. The van der Waals surface area contributed by atoms with Crippen LogP contribution in [0.25, 0.3) is 0 Å². The van der Waals surface area contributed by atoms with E-state index >= 15 is 0 Å². The Bertz CT molecular complexity index is 481. The van der Waals surface area contributed by atoms with Crippen molar-refractivity contribution in [3.63, 3.8) is 0 Å². The molecule has 0 atom stereocenters. The molecule has 1 aliphatic rings. The third kappa shape index (κ3) is 4.46. The average Bonchev–Trinajstić information content (AvgIpc) is 2.47. The minimum absolute atomic E-state index is 0.0500. The Morgan fingerprint density at radius 1 is 1.33 bits per heavy atom. The largest absolute Gasteiger partial charge is 0.496 e. The maximum atomic E-state index is 7.55. The molecule has 2 rings (SSSR count). The molecule has 0 bridgehead atoms. The third-order valence-electron chi connectivity index (χ3n) is 4.30. The van der Waals surface area contributed by atoms with E-state index in [2.05, 4.69) is 11.9 Å². The van der Waals surface area contributed by atoms with Crippen LogP contribution < -0.4 is 10.5 Å². The maximum absolute atomic E-state index is 7.55. The second-order valence-electron chi connectivity index (χ2n) is 6.15. The molecule has 0 radical (unpaired) electrons. The molecule has 1 aromatic rings. The molecule has 1 aromatic carbocycles. The molecule has 0 aliphatic heterocycles. The van der Waals surface area contributed by atoms with Gasteiger partial charge in [-0.1, -0.05) is 25.3 Å². The monoisotopic (exact) mass is 289 g/mol. The van der Waals surface area contributed by atoms with Crippen molar-refractivity contribution in [2.75, 3.05) is 20.7 Å². The SMILES string of the molecule is COc1cc(CN(C)CC2CCCCC2)ccc1C(=N)N. The fourth-order valence-electron chi connectivity index (χ4n) is 3.24. The number of hydrogen-bond acceptors (Lipinski definition) is 3. The van der Waals surface area contributed by atoms with E-state index in [0.29, 0.717) is 11.3 Å². The van der Waals surface area contributed by atoms with Gasteiger partial charge in [0.1, 0.15) is 11.6 Å². The van der Waals surface area contributed by atoms with Gasteiger partial charge in [0.25, 0.3) is 0 Å². The van der Waals surface area contributed by atoms with Crippen LogP contribution in [0, 0.1) is 11.3 Å². The lowest BCUT2D eigenvalue weighted by molar-refractivity contribution is 0.228. The lowest BCUT2D eigenvalue weighted by Gasteiger charge is -2.27. The van der Waals surface area contributed by atoms with Gasteiger partial charge in [-0.15, -0.1) is 0 Å². The van der Waals surface area contributed by atoms with E-state index in [1.165, 1.54) is 37.7 Å². The average molecular weight is 289 g/mol. The van der Waals surface area contributed by atoms with E-state index in [4.69, 9.17) is 15.9 Å². The predicted molar refractivity (Wildman–Crippen MR) is 86.9 cm³/mol. The van der Waals surface area contributed by atoms with Gasteiger partial charge in [-0.3, -0.25) is 5.41 Å². The first kappa shape index (κ1) is 15.8. The van der Waals surface area contributed by atoms with E-state index < -0.39 is 0 Å². The van der Waals surface area contributed by atoms with Crippen LogP contribution in [0.5, 0.6) is 5.75 Å². The quantitative estimate of drug-likeness (QED) is 0.625. The molecule has 3 N–H and O–H groups in total. The first-order valence-corrected chi connectivity index (χ1v) is 7.80. The zero-order valence-electron chi connectivity index (χ0n) is 13.2. The van der Waals surface area contributed by atoms with Crippen molar-refractivity contribution in [2.45, 2.75) is 38.6 Å². The number of nitrogen functional groups attached to an aromatic ring is 1. The van der Waals surface area contributed by atoms with Crippen molar-refractivity contribution < 1.29 is 4.74 Å². The van der Waals surface area contributed by atoms with Crippen molar-refractivity contribution in [1.29, 1.82) is 5.41 Å². The van der Waals surface area contributed by atoms with Crippen LogP contribution >= 0.6 is 0 Å². The molecule has 116 valence electrons. The number of nitrogens with one attached hydrogen (secondary N) is 1. The number of amidine groups is 1. The number of methoxy groups -OCH3 is 1. The van der Waals surface area contributed by atoms with Gasteiger partial charge in [0.2, 0.25) is 0 Å². The molecular weight excluding hydrogens is 262 g/mol. The second kappa shape index (κ2) is 7.46. The minimum Gasteiger partial charge on any atom is -0.496 e. The summed E-state index contributed by atoms with van der Waals surface area (Å²) >= 11 is 0. The molecular formula is C17H27N3O. The molecule has 0 unspecified atom stereocenters. The molecule has 0 amide bonds. The van der Waals surface area contributed by atoms with Crippen LogP contribution in [-0.2, 0) is 6.54 Å². The first-order valence-electron chi connectivity index (χ1n) is 7.80. The number of benzene rings is 1. The van der Waals surface area contributed by atoms with Gasteiger partial charge in [-0.2, -0.15) is 0 Å². The van der Waals surface area contributed by atoms with Gasteiger partial charge < -0.3 is 15.4 Å². The highest BCUT2D eigenvalue weighted by molar-refractivity contribution is 5.97. The number of rotatable bonds is 6. The Hall–Kier alpha value is -1.55. The summed E-state index contributed by atoms with van der Waals surface area (Å²) in [6.45, 7) is 2.07. The summed E-state index contributed by atoms with van der Waals surface area (Å²) in [4.78, 5) is 2.39. The number of nitrogens with two attached hydrogens (primary N) is 1. The molecule has 0 saturated heterocycles. The maximum Gasteiger partial charge on any atom is 0.130 e. The van der Waals surface area contributed by atoms with Crippen LogP contribution in [0.2, 0.25) is 0 Å². The van der Waals surface area contributed by atoms with E-state index in [9.17, 15) is 0 Å². The number of hydrogen-bond donors (Lipinski definition) is 2. The molecule has 4 heteroatoms. The van der Waals surface area contributed by atoms with E-state index in [1.807, 2.05) is 18.2 Å². The fraction of sp³-hybridized carbons (Fsp3) is 0.588. The van der Waals surface area contributed by atoms with Gasteiger partial charge in [-0.25, -0.2) is 0 Å². The Labute approximate surface area is 127 Å². The molecule has 4 nitrogen and oxygen atoms in total. The molecule has 1 aliphatic carbocycles. The van der Waals surface area contributed by atoms with Gasteiger partial charge in [0.15, 0.2) is 0 Å². The highest BCUT2D eigenvalue weighted by atomic mass is 16.5. The lowest BCUT2D eigenvalue weighted by Crippen LogP contribution is -2.26. The number of ether oxygens (including phenoxy) is 1. The van der Waals surface area contributed by atoms with Gasteiger partial charge in [0.05, 0.1) is 12.7 Å². The predicted octanol–water partition coefficient (Wildman–Crippen LogP) is 2.99. The number of nitrogens with zero attached hydrogens (tertiary/aromatic N) is 1. The molecule has 21 heavy (non-hydrogen) atoms. The lowest BCUT2D eigenvalue weighted by atomic mass is 9.89. The van der Waals surface area contributed by atoms with Crippen molar-refractivity contribution >= 4 is 5.84 Å². The molecule has 0 aromatic heterocycles. The molecule has 0 spiro atoms. The van der Waals surface area contributed by atoms with Crippen molar-refractivity contribution in [3.05, 3.63) is 29.3 Å².